The van der Waals surface area contributed by atoms with Crippen molar-refractivity contribution in [2.75, 3.05) is 0 Å². The summed E-state index contributed by atoms with van der Waals surface area (Å²) in [6.45, 7) is 0. The Labute approximate surface area is 92.6 Å². The monoisotopic (exact) mass is 210 g/mol. The molecule has 0 N–H and O–H groups in total. The summed E-state index contributed by atoms with van der Waals surface area (Å²) in [6, 6.07) is 7.72. The molecule has 0 atom stereocenters. The zero-order valence-electron chi connectivity index (χ0n) is 8.83. The third-order valence-electron chi connectivity index (χ3n) is 2.50. The Bertz CT molecular complexity index is 628. The Morgan fingerprint density at radius 2 is 2.06 bits per heavy atom. The van der Waals surface area contributed by atoms with Gasteiger partial charge in [0.05, 0.1) is 0 Å². The molecule has 0 aliphatic carbocycles. The van der Waals surface area contributed by atoms with Crippen molar-refractivity contribution in [3.63, 3.8) is 0 Å². The predicted molar refractivity (Wildman–Crippen MR) is 61.7 cm³/mol. The number of nitrogens with zero attached hydrogens (tertiary/aromatic N) is 4. The molecule has 0 unspecified atom stereocenters. The zero-order valence-corrected chi connectivity index (χ0v) is 8.83. The number of fused-ring (bicyclic) bond motifs is 1. The van der Waals surface area contributed by atoms with E-state index in [-0.39, 0.29) is 0 Å². The van der Waals surface area contributed by atoms with Crippen molar-refractivity contribution in [2.45, 2.75) is 0 Å². The van der Waals surface area contributed by atoms with Crippen LogP contribution in [0.4, 0.5) is 0 Å². The minimum atomic E-state index is 0.662. The van der Waals surface area contributed by atoms with Crippen LogP contribution in [0.5, 0.6) is 0 Å². The Hall–Kier alpha value is -2.23. The second kappa shape index (κ2) is 3.41. The second-order valence-corrected chi connectivity index (χ2v) is 3.61. The molecule has 4 heteroatoms. The quantitative estimate of drug-likeness (QED) is 0.617. The molecule has 0 radical (unpaired) electrons. The summed E-state index contributed by atoms with van der Waals surface area (Å²) in [5.41, 5.74) is 1.72. The Morgan fingerprint density at radius 1 is 1.12 bits per heavy atom. The zero-order chi connectivity index (χ0) is 11.0. The van der Waals surface area contributed by atoms with Crippen LogP contribution in [0.2, 0.25) is 0 Å². The van der Waals surface area contributed by atoms with Gasteiger partial charge in [-0.1, -0.05) is 6.07 Å². The predicted octanol–water partition coefficient (Wildman–Crippen LogP) is 2.03. The van der Waals surface area contributed by atoms with E-state index in [0.29, 0.717) is 5.82 Å². The van der Waals surface area contributed by atoms with Crippen molar-refractivity contribution in [1.82, 2.24) is 19.5 Å². The molecule has 3 rings (SSSR count). The van der Waals surface area contributed by atoms with Gasteiger partial charge in [0.25, 0.3) is 0 Å². The van der Waals surface area contributed by atoms with Crippen LogP contribution >= 0.6 is 0 Å². The van der Waals surface area contributed by atoms with Crippen LogP contribution in [0.3, 0.4) is 0 Å². The number of rotatable bonds is 1. The molecular weight excluding hydrogens is 200 g/mol. The fourth-order valence-corrected chi connectivity index (χ4v) is 1.66. The largest absolute Gasteiger partial charge is 0.335 e. The van der Waals surface area contributed by atoms with Crippen LogP contribution < -0.4 is 0 Å². The third kappa shape index (κ3) is 1.35. The van der Waals surface area contributed by atoms with E-state index in [2.05, 4.69) is 15.0 Å². The van der Waals surface area contributed by atoms with E-state index in [1.54, 1.807) is 6.20 Å². The third-order valence-corrected chi connectivity index (χ3v) is 2.50. The number of aryl methyl sites for hydroxylation is 1. The summed E-state index contributed by atoms with van der Waals surface area (Å²) < 4.78 is 1.98. The lowest BCUT2D eigenvalue weighted by atomic mass is 10.3. The first-order valence-corrected chi connectivity index (χ1v) is 5.04. The molecule has 0 saturated heterocycles. The highest BCUT2D eigenvalue weighted by atomic mass is 15.0. The highest BCUT2D eigenvalue weighted by Crippen LogP contribution is 2.16. The molecule has 0 saturated carbocycles. The minimum Gasteiger partial charge on any atom is -0.335 e. The maximum Gasteiger partial charge on any atom is 0.180 e. The van der Waals surface area contributed by atoms with Crippen LogP contribution in [0.1, 0.15) is 0 Å². The average Bonchev–Trinajstić information content (AvgIpc) is 2.72. The van der Waals surface area contributed by atoms with Gasteiger partial charge in [0.15, 0.2) is 5.82 Å². The van der Waals surface area contributed by atoms with Crippen molar-refractivity contribution in [3.05, 3.63) is 42.9 Å². The lowest BCUT2D eigenvalue weighted by molar-refractivity contribution is 0.944. The smallest absolute Gasteiger partial charge is 0.180 e. The lowest BCUT2D eigenvalue weighted by Crippen LogP contribution is -1.94. The van der Waals surface area contributed by atoms with Gasteiger partial charge in [-0.2, -0.15) is 0 Å². The first-order valence-electron chi connectivity index (χ1n) is 5.04. The molecular formula is C12H10N4. The highest BCUT2D eigenvalue weighted by Gasteiger charge is 2.05. The minimum absolute atomic E-state index is 0.662. The van der Waals surface area contributed by atoms with Gasteiger partial charge < -0.3 is 4.57 Å². The van der Waals surface area contributed by atoms with E-state index >= 15 is 0 Å². The average molecular weight is 210 g/mol. The van der Waals surface area contributed by atoms with Crippen LogP contribution in [0, 0.1) is 0 Å². The van der Waals surface area contributed by atoms with Gasteiger partial charge in [-0.3, -0.25) is 4.98 Å². The number of hydrogen-bond donors (Lipinski definition) is 0. The van der Waals surface area contributed by atoms with Gasteiger partial charge in [0.2, 0.25) is 0 Å². The van der Waals surface area contributed by atoms with Gasteiger partial charge in [-0.15, -0.1) is 0 Å². The van der Waals surface area contributed by atoms with E-state index in [4.69, 9.17) is 0 Å². The summed E-state index contributed by atoms with van der Waals surface area (Å²) in [7, 11) is 1.97. The Morgan fingerprint density at radius 3 is 2.88 bits per heavy atom. The molecule has 78 valence electrons. The van der Waals surface area contributed by atoms with Crippen LogP contribution in [0.25, 0.3) is 22.6 Å². The Balaban J connectivity index is 2.22. The SMILES string of the molecule is Cn1ccc2cnc(-c3ccccn3)nc21. The molecule has 0 aliphatic rings. The van der Waals surface area contributed by atoms with Crippen molar-refractivity contribution in [3.8, 4) is 11.5 Å². The normalized spacial score (nSPS) is 10.8. The molecule has 0 aliphatic heterocycles. The topological polar surface area (TPSA) is 43.6 Å². The molecule has 0 spiro atoms. The van der Waals surface area contributed by atoms with Crippen LogP contribution in [0.15, 0.2) is 42.9 Å². The van der Waals surface area contributed by atoms with Crippen molar-refractivity contribution >= 4 is 11.0 Å². The van der Waals surface area contributed by atoms with Gasteiger partial charge in [0, 0.05) is 31.0 Å². The fraction of sp³-hybridized carbons (Fsp3) is 0.0833. The van der Waals surface area contributed by atoms with E-state index < -0.39 is 0 Å². The number of aromatic nitrogens is 4. The van der Waals surface area contributed by atoms with Crippen LogP contribution in [-0.2, 0) is 7.05 Å². The summed E-state index contributed by atoms with van der Waals surface area (Å²) in [5.74, 6) is 0.662. The molecule has 3 aromatic rings. The van der Waals surface area contributed by atoms with E-state index in [9.17, 15) is 0 Å². The van der Waals surface area contributed by atoms with Crippen molar-refractivity contribution in [2.24, 2.45) is 7.05 Å². The maximum atomic E-state index is 4.49. The molecule has 3 aromatic heterocycles. The maximum absolute atomic E-state index is 4.49. The second-order valence-electron chi connectivity index (χ2n) is 3.61. The van der Waals surface area contributed by atoms with Gasteiger partial charge in [0.1, 0.15) is 11.3 Å². The standard InChI is InChI=1S/C12H10N4/c1-16-7-5-9-8-14-11(15-12(9)16)10-4-2-3-6-13-10/h2-8H,1H3. The van der Waals surface area contributed by atoms with Crippen molar-refractivity contribution < 1.29 is 0 Å². The molecule has 0 aromatic carbocycles. The van der Waals surface area contributed by atoms with Gasteiger partial charge in [-0.25, -0.2) is 9.97 Å². The molecule has 16 heavy (non-hydrogen) atoms. The van der Waals surface area contributed by atoms with Crippen molar-refractivity contribution in [1.29, 1.82) is 0 Å². The first kappa shape index (κ1) is 9.03. The summed E-state index contributed by atoms with van der Waals surface area (Å²) >= 11 is 0. The van der Waals surface area contributed by atoms with Gasteiger partial charge >= 0.3 is 0 Å². The van der Waals surface area contributed by atoms with E-state index in [1.807, 2.05) is 48.3 Å². The molecule has 0 bridgehead atoms. The van der Waals surface area contributed by atoms with E-state index in [1.165, 1.54) is 0 Å². The first-order chi connectivity index (χ1) is 7.84. The fourth-order valence-electron chi connectivity index (χ4n) is 1.66. The number of hydrogen-bond acceptors (Lipinski definition) is 3. The molecule has 0 fully saturated rings. The molecule has 3 heterocycles. The number of pyridine rings is 1. The van der Waals surface area contributed by atoms with Crippen LogP contribution in [-0.4, -0.2) is 19.5 Å². The summed E-state index contributed by atoms with van der Waals surface area (Å²) in [5, 5.41) is 1.04. The molecule has 0 amide bonds. The highest BCUT2D eigenvalue weighted by molar-refractivity contribution is 5.76. The lowest BCUT2D eigenvalue weighted by Gasteiger charge is -2.00. The molecule has 4 nitrogen and oxygen atoms in total. The van der Waals surface area contributed by atoms with E-state index in [0.717, 1.165) is 16.7 Å². The summed E-state index contributed by atoms with van der Waals surface area (Å²) in [4.78, 5) is 13.0. The summed E-state index contributed by atoms with van der Waals surface area (Å²) in [6.07, 6.45) is 5.54. The van der Waals surface area contributed by atoms with Gasteiger partial charge in [-0.05, 0) is 18.2 Å². The Kier molecular flexibility index (Phi) is 1.93.